The number of hydrogen-bond acceptors (Lipinski definition) is 0. The summed E-state index contributed by atoms with van der Waals surface area (Å²) >= 11 is 5.65. The molecule has 0 heterocycles. The third-order valence-corrected chi connectivity index (χ3v) is 2.29. The van der Waals surface area contributed by atoms with Crippen LogP contribution < -0.4 is 0 Å². The molecule has 0 radical (unpaired) electrons. The van der Waals surface area contributed by atoms with E-state index in [4.69, 9.17) is 0 Å². The van der Waals surface area contributed by atoms with E-state index in [2.05, 4.69) is 74.9 Å². The molecule has 0 aliphatic rings. The second kappa shape index (κ2) is 4.93. The van der Waals surface area contributed by atoms with E-state index < -0.39 is 0 Å². The van der Waals surface area contributed by atoms with E-state index in [1.54, 1.807) is 0 Å². The molecule has 11 heavy (non-hydrogen) atoms. The number of allylic oxidation sites excluding steroid dienone is 1. The van der Waals surface area contributed by atoms with E-state index in [1.165, 1.54) is 9.13 Å². The zero-order valence-corrected chi connectivity index (χ0v) is 9.67. The minimum Gasteiger partial charge on any atom is -0.0883 e. The van der Waals surface area contributed by atoms with Gasteiger partial charge >= 0.3 is 0 Å². The van der Waals surface area contributed by atoms with Crippen molar-refractivity contribution in [1.29, 1.82) is 0 Å². The van der Waals surface area contributed by atoms with Gasteiger partial charge in [0, 0.05) is 8.90 Å². The van der Waals surface area contributed by atoms with Crippen molar-refractivity contribution in [1.82, 2.24) is 0 Å². The Morgan fingerprint density at radius 1 is 1.45 bits per heavy atom. The molecule has 1 aromatic carbocycles. The van der Waals surface area contributed by atoms with Crippen molar-refractivity contribution >= 4 is 44.6 Å². The fourth-order valence-electron chi connectivity index (χ4n) is 0.791. The molecule has 0 bridgehead atoms. The van der Waals surface area contributed by atoms with E-state index in [0.29, 0.717) is 0 Å². The van der Waals surface area contributed by atoms with Gasteiger partial charge < -0.3 is 0 Å². The van der Waals surface area contributed by atoms with Crippen LogP contribution in [0.3, 0.4) is 0 Å². The number of rotatable bonds is 2. The molecule has 0 N–H and O–H groups in total. The van der Waals surface area contributed by atoms with E-state index in [9.17, 15) is 0 Å². The molecule has 0 aliphatic carbocycles. The largest absolute Gasteiger partial charge is 0.0883 e. The van der Waals surface area contributed by atoms with Gasteiger partial charge in [0.2, 0.25) is 0 Å². The first kappa shape index (κ1) is 9.26. The molecule has 0 aromatic heterocycles. The van der Waals surface area contributed by atoms with Gasteiger partial charge in [-0.25, -0.2) is 0 Å². The first-order valence-electron chi connectivity index (χ1n) is 3.31. The van der Waals surface area contributed by atoms with Crippen molar-refractivity contribution in [3.8, 4) is 0 Å². The summed E-state index contributed by atoms with van der Waals surface area (Å²) in [6.07, 6.45) is 4.20. The maximum Gasteiger partial charge on any atom is 0.0215 e. The number of alkyl halides is 1. The van der Waals surface area contributed by atoms with Crippen LogP contribution in [0, 0.1) is 3.57 Å². The molecule has 1 aromatic rings. The predicted molar refractivity (Wildman–Crippen MR) is 62.0 cm³/mol. The molecule has 0 aliphatic heterocycles. The summed E-state index contributed by atoms with van der Waals surface area (Å²) in [5.74, 6) is 0. The van der Waals surface area contributed by atoms with Gasteiger partial charge in [-0.15, -0.1) is 0 Å². The summed E-state index contributed by atoms with van der Waals surface area (Å²) in [6, 6.07) is 8.41. The highest BCUT2D eigenvalue weighted by Gasteiger charge is 1.86. The highest BCUT2D eigenvalue weighted by Crippen LogP contribution is 2.09. The fraction of sp³-hybridized carbons (Fsp3) is 0.111. The third-order valence-electron chi connectivity index (χ3n) is 1.25. The van der Waals surface area contributed by atoms with Gasteiger partial charge in [-0.05, 0) is 40.3 Å². The Labute approximate surface area is 89.0 Å². The Bertz CT molecular complexity index is 255. The first-order valence-corrected chi connectivity index (χ1v) is 5.51. The lowest BCUT2D eigenvalue weighted by Gasteiger charge is -1.92. The summed E-state index contributed by atoms with van der Waals surface area (Å²) in [4.78, 5) is 0. The summed E-state index contributed by atoms with van der Waals surface area (Å²) in [6.45, 7) is 0. The van der Waals surface area contributed by atoms with Crippen molar-refractivity contribution in [2.75, 3.05) is 5.33 Å². The highest BCUT2D eigenvalue weighted by molar-refractivity contribution is 14.1. The van der Waals surface area contributed by atoms with Crippen molar-refractivity contribution < 1.29 is 0 Å². The van der Waals surface area contributed by atoms with E-state index >= 15 is 0 Å². The molecular weight excluding hydrogens is 315 g/mol. The van der Waals surface area contributed by atoms with Gasteiger partial charge in [0.15, 0.2) is 0 Å². The molecule has 1 rings (SSSR count). The minimum atomic E-state index is 0.915. The quantitative estimate of drug-likeness (QED) is 0.575. The second-order valence-electron chi connectivity index (χ2n) is 2.11. The molecule has 0 atom stereocenters. The molecule has 58 valence electrons. The molecule has 0 spiro atoms. The van der Waals surface area contributed by atoms with Crippen LogP contribution >= 0.6 is 38.5 Å². The molecule has 0 unspecified atom stereocenters. The van der Waals surface area contributed by atoms with Crippen LogP contribution in [0.4, 0.5) is 0 Å². The molecule has 0 saturated heterocycles. The number of benzene rings is 1. The van der Waals surface area contributed by atoms with Crippen LogP contribution in [-0.4, -0.2) is 5.33 Å². The van der Waals surface area contributed by atoms with E-state index in [0.717, 1.165) is 5.33 Å². The molecule has 0 amide bonds. The van der Waals surface area contributed by atoms with Gasteiger partial charge in [-0.3, -0.25) is 0 Å². The van der Waals surface area contributed by atoms with Gasteiger partial charge in [0.1, 0.15) is 0 Å². The van der Waals surface area contributed by atoms with Crippen LogP contribution in [0.2, 0.25) is 0 Å². The van der Waals surface area contributed by atoms with Crippen molar-refractivity contribution in [3.63, 3.8) is 0 Å². The average Bonchev–Trinajstić information content (AvgIpc) is 2.01. The predicted octanol–water partition coefficient (Wildman–Crippen LogP) is 3.70. The summed E-state index contributed by atoms with van der Waals surface area (Å²) in [5.41, 5.74) is 1.26. The van der Waals surface area contributed by atoms with Gasteiger partial charge in [-0.2, -0.15) is 0 Å². The molecule has 0 fully saturated rings. The summed E-state index contributed by atoms with van der Waals surface area (Å²) < 4.78 is 1.28. The van der Waals surface area contributed by atoms with Gasteiger partial charge in [-0.1, -0.05) is 40.2 Å². The average molecular weight is 323 g/mol. The Morgan fingerprint density at radius 2 is 2.27 bits per heavy atom. The van der Waals surface area contributed by atoms with Crippen LogP contribution in [-0.2, 0) is 0 Å². The molecular formula is C9H8BrI. The molecule has 2 heteroatoms. The first-order chi connectivity index (χ1) is 5.33. The molecule has 0 saturated carbocycles. The fourth-order valence-corrected chi connectivity index (χ4v) is 1.54. The topological polar surface area (TPSA) is 0 Å². The van der Waals surface area contributed by atoms with Gasteiger partial charge in [0.05, 0.1) is 0 Å². The highest BCUT2D eigenvalue weighted by atomic mass is 127. The summed E-state index contributed by atoms with van der Waals surface area (Å²) in [5, 5.41) is 0.915. The van der Waals surface area contributed by atoms with Crippen LogP contribution in [0.1, 0.15) is 5.56 Å². The van der Waals surface area contributed by atoms with Gasteiger partial charge in [0.25, 0.3) is 0 Å². The van der Waals surface area contributed by atoms with E-state index in [1.807, 2.05) is 0 Å². The Balaban J connectivity index is 2.79. The van der Waals surface area contributed by atoms with Crippen molar-refractivity contribution in [2.24, 2.45) is 0 Å². The van der Waals surface area contributed by atoms with Crippen molar-refractivity contribution in [2.45, 2.75) is 0 Å². The maximum atomic E-state index is 3.34. The minimum absolute atomic E-state index is 0.915. The second-order valence-corrected chi connectivity index (χ2v) is 4.00. The SMILES string of the molecule is BrCC=Cc1cccc(I)c1. The number of halogens is 2. The normalized spacial score (nSPS) is 10.7. The zero-order valence-electron chi connectivity index (χ0n) is 5.93. The Hall–Kier alpha value is 0.170. The number of hydrogen-bond donors (Lipinski definition) is 0. The monoisotopic (exact) mass is 322 g/mol. The van der Waals surface area contributed by atoms with Crippen LogP contribution in [0.25, 0.3) is 6.08 Å². The van der Waals surface area contributed by atoms with Crippen LogP contribution in [0.5, 0.6) is 0 Å². The van der Waals surface area contributed by atoms with E-state index in [-0.39, 0.29) is 0 Å². The standard InChI is InChI=1S/C9H8BrI/c10-6-2-4-8-3-1-5-9(11)7-8/h1-5,7H,6H2. The smallest absolute Gasteiger partial charge is 0.0215 e. The van der Waals surface area contributed by atoms with Crippen molar-refractivity contribution in [3.05, 3.63) is 39.5 Å². The zero-order chi connectivity index (χ0) is 8.10. The maximum absolute atomic E-state index is 3.34. The Kier molecular flexibility index (Phi) is 4.15. The lowest BCUT2D eigenvalue weighted by atomic mass is 10.2. The lowest BCUT2D eigenvalue weighted by Crippen LogP contribution is -1.73. The molecule has 0 nitrogen and oxygen atoms in total. The summed E-state index contributed by atoms with van der Waals surface area (Å²) in [7, 11) is 0. The lowest BCUT2D eigenvalue weighted by molar-refractivity contribution is 1.60. The Morgan fingerprint density at radius 3 is 2.91 bits per heavy atom. The van der Waals surface area contributed by atoms with Crippen LogP contribution in [0.15, 0.2) is 30.3 Å². The third kappa shape index (κ3) is 3.38.